The van der Waals surface area contributed by atoms with Crippen LogP contribution in [0.2, 0.25) is 0 Å². The van der Waals surface area contributed by atoms with Gasteiger partial charge in [0.05, 0.1) is 17.4 Å². The molecule has 2 aromatic heterocycles. The topological polar surface area (TPSA) is 41.6 Å². The van der Waals surface area contributed by atoms with Crippen LogP contribution in [-0.4, -0.2) is 15.2 Å². The maximum absolute atomic E-state index is 4.34. The smallest absolute Gasteiger partial charge is 0.109 e. The molecule has 0 aromatic carbocycles. The number of hydrogen-bond acceptors (Lipinski definition) is 2. The monoisotopic (exact) mass is 189 g/mol. The van der Waals surface area contributed by atoms with Gasteiger partial charge < -0.3 is 0 Å². The van der Waals surface area contributed by atoms with Gasteiger partial charge in [-0.1, -0.05) is 20.4 Å². The zero-order valence-corrected chi connectivity index (χ0v) is 8.83. The molecule has 0 unspecified atom stereocenters. The molecule has 0 amide bonds. The SMILES string of the molecule is C=C(C)c1ccc2[nH]ncc2n1.CC. The van der Waals surface area contributed by atoms with Gasteiger partial charge in [0.25, 0.3) is 0 Å². The normalized spacial score (nSPS) is 9.36. The van der Waals surface area contributed by atoms with E-state index in [9.17, 15) is 0 Å². The predicted molar refractivity (Wildman–Crippen MR) is 59.9 cm³/mol. The van der Waals surface area contributed by atoms with E-state index in [1.807, 2.05) is 32.9 Å². The van der Waals surface area contributed by atoms with Crippen LogP contribution in [-0.2, 0) is 0 Å². The molecule has 0 atom stereocenters. The predicted octanol–water partition coefficient (Wildman–Crippen LogP) is 3.02. The van der Waals surface area contributed by atoms with Crippen LogP contribution < -0.4 is 0 Å². The maximum Gasteiger partial charge on any atom is 0.109 e. The number of hydrogen-bond donors (Lipinski definition) is 1. The van der Waals surface area contributed by atoms with Crippen molar-refractivity contribution < 1.29 is 0 Å². The van der Waals surface area contributed by atoms with Crippen LogP contribution in [0.4, 0.5) is 0 Å². The summed E-state index contributed by atoms with van der Waals surface area (Å²) < 4.78 is 0. The molecule has 3 heteroatoms. The standard InChI is InChI=1S/C9H9N3.C2H6/c1-6(2)7-3-4-8-9(11-7)5-10-12-8;1-2/h3-5H,1H2,2H3,(H,10,12);1-2H3. The Balaban J connectivity index is 0.000000461. The van der Waals surface area contributed by atoms with Crippen molar-refractivity contribution in [3.8, 4) is 0 Å². The third kappa shape index (κ3) is 1.99. The number of nitrogens with one attached hydrogen (secondary N) is 1. The first kappa shape index (κ1) is 10.4. The van der Waals surface area contributed by atoms with E-state index in [4.69, 9.17) is 0 Å². The molecule has 0 bridgehead atoms. The van der Waals surface area contributed by atoms with E-state index in [2.05, 4.69) is 21.8 Å². The Labute approximate surface area is 83.9 Å². The Morgan fingerprint density at radius 1 is 1.36 bits per heavy atom. The molecule has 0 aliphatic heterocycles. The van der Waals surface area contributed by atoms with E-state index < -0.39 is 0 Å². The second kappa shape index (κ2) is 4.56. The summed E-state index contributed by atoms with van der Waals surface area (Å²) in [5.41, 5.74) is 3.73. The Bertz CT molecular complexity index is 429. The zero-order chi connectivity index (χ0) is 10.6. The third-order valence-corrected chi connectivity index (χ3v) is 1.73. The molecule has 1 N–H and O–H groups in total. The van der Waals surface area contributed by atoms with Gasteiger partial charge in [0.1, 0.15) is 5.52 Å². The molecule has 2 heterocycles. The van der Waals surface area contributed by atoms with E-state index in [0.29, 0.717) is 0 Å². The van der Waals surface area contributed by atoms with Gasteiger partial charge >= 0.3 is 0 Å². The first-order valence-electron chi connectivity index (χ1n) is 4.73. The van der Waals surface area contributed by atoms with Crippen molar-refractivity contribution in [3.05, 3.63) is 30.6 Å². The molecular formula is C11H15N3. The Hall–Kier alpha value is -1.64. The van der Waals surface area contributed by atoms with Crippen LogP contribution in [0.1, 0.15) is 26.5 Å². The minimum Gasteiger partial charge on any atom is -0.276 e. The Morgan fingerprint density at radius 3 is 2.71 bits per heavy atom. The molecule has 0 saturated carbocycles. The molecule has 0 saturated heterocycles. The highest BCUT2D eigenvalue weighted by Gasteiger charge is 1.98. The lowest BCUT2D eigenvalue weighted by Gasteiger charge is -1.96. The summed E-state index contributed by atoms with van der Waals surface area (Å²) >= 11 is 0. The van der Waals surface area contributed by atoms with Gasteiger partial charge in [-0.05, 0) is 24.6 Å². The van der Waals surface area contributed by atoms with Gasteiger partial charge in [0, 0.05) is 0 Å². The molecule has 0 aliphatic rings. The minimum absolute atomic E-state index is 0.885. The van der Waals surface area contributed by atoms with Crippen LogP contribution in [0.5, 0.6) is 0 Å². The minimum atomic E-state index is 0.885. The van der Waals surface area contributed by atoms with E-state index in [-0.39, 0.29) is 0 Å². The Morgan fingerprint density at radius 2 is 2.07 bits per heavy atom. The number of H-pyrrole nitrogens is 1. The number of aromatic nitrogens is 3. The number of allylic oxidation sites excluding steroid dienone is 1. The quantitative estimate of drug-likeness (QED) is 0.749. The average Bonchev–Trinajstić information content (AvgIpc) is 2.67. The summed E-state index contributed by atoms with van der Waals surface area (Å²) in [7, 11) is 0. The van der Waals surface area contributed by atoms with Crippen molar-refractivity contribution in [3.63, 3.8) is 0 Å². The number of fused-ring (bicyclic) bond motifs is 1. The van der Waals surface area contributed by atoms with E-state index in [0.717, 1.165) is 22.3 Å². The van der Waals surface area contributed by atoms with Crippen molar-refractivity contribution in [1.29, 1.82) is 0 Å². The summed E-state index contributed by atoms with van der Waals surface area (Å²) in [5.74, 6) is 0. The van der Waals surface area contributed by atoms with Crippen molar-refractivity contribution in [2.45, 2.75) is 20.8 Å². The van der Waals surface area contributed by atoms with E-state index in [1.54, 1.807) is 6.20 Å². The van der Waals surface area contributed by atoms with Crippen molar-refractivity contribution in [2.75, 3.05) is 0 Å². The van der Waals surface area contributed by atoms with Gasteiger partial charge in [-0.15, -0.1) is 0 Å². The highest BCUT2D eigenvalue weighted by atomic mass is 15.1. The van der Waals surface area contributed by atoms with Crippen molar-refractivity contribution in [2.24, 2.45) is 0 Å². The molecule has 14 heavy (non-hydrogen) atoms. The lowest BCUT2D eigenvalue weighted by Crippen LogP contribution is -1.83. The van der Waals surface area contributed by atoms with Gasteiger partial charge in [-0.2, -0.15) is 5.10 Å². The lowest BCUT2D eigenvalue weighted by atomic mass is 10.2. The maximum atomic E-state index is 4.34. The molecule has 2 rings (SSSR count). The summed E-state index contributed by atoms with van der Waals surface area (Å²) in [5, 5.41) is 6.73. The van der Waals surface area contributed by atoms with Gasteiger partial charge in [-0.3, -0.25) is 5.10 Å². The van der Waals surface area contributed by atoms with Crippen LogP contribution >= 0.6 is 0 Å². The summed E-state index contributed by atoms with van der Waals surface area (Å²) in [6.45, 7) is 9.76. The van der Waals surface area contributed by atoms with E-state index >= 15 is 0 Å². The van der Waals surface area contributed by atoms with Crippen LogP contribution in [0.15, 0.2) is 24.9 Å². The zero-order valence-electron chi connectivity index (χ0n) is 8.83. The first-order valence-corrected chi connectivity index (χ1v) is 4.73. The third-order valence-electron chi connectivity index (χ3n) is 1.73. The number of rotatable bonds is 1. The van der Waals surface area contributed by atoms with Gasteiger partial charge in [0.15, 0.2) is 0 Å². The average molecular weight is 189 g/mol. The largest absolute Gasteiger partial charge is 0.276 e. The molecule has 0 radical (unpaired) electrons. The van der Waals surface area contributed by atoms with Gasteiger partial charge in [-0.25, -0.2) is 4.98 Å². The second-order valence-electron chi connectivity index (χ2n) is 2.78. The van der Waals surface area contributed by atoms with Gasteiger partial charge in [0.2, 0.25) is 0 Å². The highest BCUT2D eigenvalue weighted by Crippen LogP contribution is 2.13. The van der Waals surface area contributed by atoms with Crippen LogP contribution in [0, 0.1) is 0 Å². The summed E-state index contributed by atoms with van der Waals surface area (Å²) in [6, 6.07) is 3.89. The fraction of sp³-hybridized carbons (Fsp3) is 0.273. The highest BCUT2D eigenvalue weighted by molar-refractivity contribution is 5.75. The molecule has 0 aliphatic carbocycles. The second-order valence-corrected chi connectivity index (χ2v) is 2.78. The number of nitrogens with zero attached hydrogens (tertiary/aromatic N) is 2. The summed E-state index contributed by atoms with van der Waals surface area (Å²) in [4.78, 5) is 4.34. The molecule has 3 nitrogen and oxygen atoms in total. The lowest BCUT2D eigenvalue weighted by molar-refractivity contribution is 1.12. The molecule has 2 aromatic rings. The molecule has 0 spiro atoms. The number of aromatic amines is 1. The fourth-order valence-electron chi connectivity index (χ4n) is 1.07. The molecular weight excluding hydrogens is 174 g/mol. The van der Waals surface area contributed by atoms with E-state index in [1.165, 1.54) is 0 Å². The van der Waals surface area contributed by atoms with Crippen molar-refractivity contribution in [1.82, 2.24) is 15.2 Å². The molecule has 0 fully saturated rings. The van der Waals surface area contributed by atoms with Crippen LogP contribution in [0.3, 0.4) is 0 Å². The van der Waals surface area contributed by atoms with Crippen LogP contribution in [0.25, 0.3) is 16.6 Å². The Kier molecular flexibility index (Phi) is 3.40. The summed E-state index contributed by atoms with van der Waals surface area (Å²) in [6.07, 6.45) is 1.71. The fourth-order valence-corrected chi connectivity index (χ4v) is 1.07. The first-order chi connectivity index (χ1) is 6.77. The number of pyridine rings is 1. The molecule has 74 valence electrons. The van der Waals surface area contributed by atoms with Crippen molar-refractivity contribution >= 4 is 16.6 Å².